The molecule has 1 aliphatic rings. The normalized spacial score (nSPS) is 18.2. The van der Waals surface area contributed by atoms with Gasteiger partial charge in [-0.15, -0.1) is 0 Å². The molecule has 1 aromatic rings. The second kappa shape index (κ2) is 15.0. The Morgan fingerprint density at radius 2 is 2.06 bits per heavy atom. The summed E-state index contributed by atoms with van der Waals surface area (Å²) in [5.41, 5.74) is 1.02. The van der Waals surface area contributed by atoms with Gasteiger partial charge in [0.2, 0.25) is 11.8 Å². The molecule has 0 bridgehead atoms. The van der Waals surface area contributed by atoms with E-state index >= 15 is 0 Å². The quantitative estimate of drug-likeness (QED) is 0.304. The zero-order valence-corrected chi connectivity index (χ0v) is 21.3. The summed E-state index contributed by atoms with van der Waals surface area (Å²) in [6.07, 6.45) is 5.13. The zero-order chi connectivity index (χ0) is 24.9. The molecule has 1 aliphatic heterocycles. The van der Waals surface area contributed by atoms with Gasteiger partial charge in [0.25, 0.3) is 0 Å². The maximum Gasteiger partial charge on any atom is 0.329 e. The number of hydrogen-bond donors (Lipinski definition) is 3. The number of nitrogens with one attached hydrogen (secondary N) is 2. The van der Waals surface area contributed by atoms with Crippen molar-refractivity contribution in [2.45, 2.75) is 70.5 Å². The maximum atomic E-state index is 13.1. The SMILES string of the molecule is CC[C@H](C)[C@@H](CON(C(=O)CCc1ccccc1)[C@@H](CCSC)C(=O)O)NC[C@@H]1CCC(=O)N1. The van der Waals surface area contributed by atoms with Gasteiger partial charge in [0.1, 0.15) is 0 Å². The first-order valence-electron chi connectivity index (χ1n) is 12.1. The number of amides is 2. The van der Waals surface area contributed by atoms with Crippen molar-refractivity contribution in [1.82, 2.24) is 15.7 Å². The van der Waals surface area contributed by atoms with Gasteiger partial charge in [-0.2, -0.15) is 11.8 Å². The van der Waals surface area contributed by atoms with Gasteiger partial charge in [-0.25, -0.2) is 9.86 Å². The van der Waals surface area contributed by atoms with Gasteiger partial charge in [0.05, 0.1) is 6.61 Å². The van der Waals surface area contributed by atoms with Crippen LogP contribution in [0.1, 0.15) is 51.5 Å². The summed E-state index contributed by atoms with van der Waals surface area (Å²) in [6.45, 7) is 4.97. The number of thioether (sulfide) groups is 1. The number of aliphatic carboxylic acids is 1. The first-order valence-corrected chi connectivity index (χ1v) is 13.5. The van der Waals surface area contributed by atoms with Crippen molar-refractivity contribution in [2.24, 2.45) is 5.92 Å². The molecule has 2 rings (SSSR count). The summed E-state index contributed by atoms with van der Waals surface area (Å²) in [6, 6.07) is 8.61. The monoisotopic (exact) mass is 493 g/mol. The summed E-state index contributed by atoms with van der Waals surface area (Å²) >= 11 is 1.54. The van der Waals surface area contributed by atoms with Gasteiger partial charge in [-0.1, -0.05) is 50.6 Å². The molecule has 190 valence electrons. The van der Waals surface area contributed by atoms with Crippen LogP contribution in [0.4, 0.5) is 0 Å². The van der Waals surface area contributed by atoms with Crippen LogP contribution in [0.5, 0.6) is 0 Å². The number of aryl methyl sites for hydroxylation is 1. The molecule has 1 fully saturated rings. The van der Waals surface area contributed by atoms with Crippen LogP contribution in [0.15, 0.2) is 30.3 Å². The minimum atomic E-state index is -1.07. The molecule has 0 saturated carbocycles. The van der Waals surface area contributed by atoms with Gasteiger partial charge >= 0.3 is 5.97 Å². The third-order valence-corrected chi connectivity index (χ3v) is 6.96. The van der Waals surface area contributed by atoms with Crippen molar-refractivity contribution >= 4 is 29.5 Å². The highest BCUT2D eigenvalue weighted by atomic mass is 32.2. The van der Waals surface area contributed by atoms with E-state index in [9.17, 15) is 19.5 Å². The van der Waals surface area contributed by atoms with E-state index in [1.165, 1.54) is 11.8 Å². The lowest BCUT2D eigenvalue weighted by Crippen LogP contribution is -2.50. The van der Waals surface area contributed by atoms with E-state index in [1.54, 1.807) is 0 Å². The van der Waals surface area contributed by atoms with Crippen molar-refractivity contribution in [3.05, 3.63) is 35.9 Å². The lowest BCUT2D eigenvalue weighted by molar-refractivity contribution is -0.210. The van der Waals surface area contributed by atoms with Crippen molar-refractivity contribution in [3.8, 4) is 0 Å². The highest BCUT2D eigenvalue weighted by molar-refractivity contribution is 7.98. The first kappa shape index (κ1) is 28.1. The van der Waals surface area contributed by atoms with Gasteiger partial charge in [-0.05, 0) is 42.8 Å². The molecule has 8 nitrogen and oxygen atoms in total. The second-order valence-electron chi connectivity index (χ2n) is 8.84. The molecule has 2 amide bonds. The summed E-state index contributed by atoms with van der Waals surface area (Å²) in [5.74, 6) is -0.478. The molecule has 9 heteroatoms. The molecule has 0 radical (unpaired) electrons. The Morgan fingerprint density at radius 3 is 2.65 bits per heavy atom. The average Bonchev–Trinajstić information content (AvgIpc) is 3.26. The van der Waals surface area contributed by atoms with E-state index in [-0.39, 0.29) is 42.8 Å². The third-order valence-electron chi connectivity index (χ3n) is 6.32. The molecule has 1 saturated heterocycles. The van der Waals surface area contributed by atoms with Crippen molar-refractivity contribution < 1.29 is 24.3 Å². The fourth-order valence-electron chi connectivity index (χ4n) is 3.91. The topological polar surface area (TPSA) is 108 Å². The van der Waals surface area contributed by atoms with Gasteiger partial charge in [0.15, 0.2) is 6.04 Å². The van der Waals surface area contributed by atoms with Crippen molar-refractivity contribution in [3.63, 3.8) is 0 Å². The highest BCUT2D eigenvalue weighted by Crippen LogP contribution is 2.16. The van der Waals surface area contributed by atoms with Crippen LogP contribution >= 0.6 is 11.8 Å². The molecule has 1 aromatic carbocycles. The molecule has 4 atom stereocenters. The van der Waals surface area contributed by atoms with Crippen LogP contribution in [0.3, 0.4) is 0 Å². The van der Waals surface area contributed by atoms with E-state index in [0.29, 0.717) is 31.6 Å². The number of benzene rings is 1. The van der Waals surface area contributed by atoms with Gasteiger partial charge in [-0.3, -0.25) is 14.4 Å². The third kappa shape index (κ3) is 9.27. The number of rotatable bonds is 16. The molecular weight excluding hydrogens is 454 g/mol. The summed E-state index contributed by atoms with van der Waals surface area (Å²) in [7, 11) is 0. The van der Waals surface area contributed by atoms with Crippen LogP contribution in [0.2, 0.25) is 0 Å². The maximum absolute atomic E-state index is 13.1. The summed E-state index contributed by atoms with van der Waals surface area (Å²) in [5, 5.41) is 17.4. The number of hydroxylamine groups is 2. The number of carboxylic acid groups (broad SMARTS) is 1. The molecule has 34 heavy (non-hydrogen) atoms. The first-order chi connectivity index (χ1) is 16.3. The molecule has 0 spiro atoms. The highest BCUT2D eigenvalue weighted by Gasteiger charge is 2.32. The molecule has 0 unspecified atom stereocenters. The average molecular weight is 494 g/mol. The van der Waals surface area contributed by atoms with Crippen LogP contribution in [-0.4, -0.2) is 71.2 Å². The molecule has 3 N–H and O–H groups in total. The largest absolute Gasteiger partial charge is 0.480 e. The number of nitrogens with zero attached hydrogens (tertiary/aromatic N) is 1. The number of carbonyl (C=O) groups is 3. The molecule has 1 heterocycles. The predicted octanol–water partition coefficient (Wildman–Crippen LogP) is 2.87. The lowest BCUT2D eigenvalue weighted by atomic mass is 9.99. The fourth-order valence-corrected chi connectivity index (χ4v) is 4.36. The van der Waals surface area contributed by atoms with Crippen LogP contribution in [0.25, 0.3) is 0 Å². The Balaban J connectivity index is 2.07. The summed E-state index contributed by atoms with van der Waals surface area (Å²) < 4.78 is 0. The smallest absolute Gasteiger partial charge is 0.329 e. The van der Waals surface area contributed by atoms with E-state index in [0.717, 1.165) is 23.5 Å². The van der Waals surface area contributed by atoms with E-state index in [1.807, 2.05) is 36.6 Å². The minimum absolute atomic E-state index is 0.0661. The number of carboxylic acids is 1. The fraction of sp³-hybridized carbons (Fsp3) is 0.640. The number of carbonyl (C=O) groups excluding carboxylic acids is 2. The zero-order valence-electron chi connectivity index (χ0n) is 20.5. The van der Waals surface area contributed by atoms with Crippen molar-refractivity contribution in [1.29, 1.82) is 0 Å². The molecule has 0 aromatic heterocycles. The Hall–Kier alpha value is -2.10. The standard InChI is InChI=1S/C25H39N3O5S/c1-4-18(2)21(26-16-20-11-12-23(29)27-20)17-33-28(22(25(31)32)14-15-34-3)24(30)13-10-19-8-6-5-7-9-19/h5-9,18,20-22,26H,4,10-17H2,1-3H3,(H,27,29)(H,31,32)/t18-,20-,21+,22-/m0/s1. The Labute approximate surface area is 207 Å². The van der Waals surface area contributed by atoms with E-state index in [2.05, 4.69) is 24.5 Å². The van der Waals surface area contributed by atoms with Crippen LogP contribution < -0.4 is 10.6 Å². The van der Waals surface area contributed by atoms with Crippen LogP contribution in [-0.2, 0) is 25.6 Å². The lowest BCUT2D eigenvalue weighted by Gasteiger charge is -2.32. The van der Waals surface area contributed by atoms with Gasteiger partial charge < -0.3 is 15.7 Å². The molecule has 0 aliphatic carbocycles. The minimum Gasteiger partial charge on any atom is -0.480 e. The van der Waals surface area contributed by atoms with Crippen LogP contribution in [0, 0.1) is 5.92 Å². The predicted molar refractivity (Wildman–Crippen MR) is 134 cm³/mol. The van der Waals surface area contributed by atoms with Crippen molar-refractivity contribution in [2.75, 3.05) is 25.2 Å². The van der Waals surface area contributed by atoms with E-state index < -0.39 is 12.0 Å². The Bertz CT molecular complexity index is 779. The van der Waals surface area contributed by atoms with E-state index in [4.69, 9.17) is 4.84 Å². The van der Waals surface area contributed by atoms with Gasteiger partial charge in [0, 0.05) is 31.5 Å². The number of hydrogen-bond acceptors (Lipinski definition) is 6. The Kier molecular flexibility index (Phi) is 12.4. The summed E-state index contributed by atoms with van der Waals surface area (Å²) in [4.78, 5) is 42.7. The Morgan fingerprint density at radius 1 is 1.32 bits per heavy atom. The second-order valence-corrected chi connectivity index (χ2v) is 9.83. The molecular formula is C25H39N3O5S.